The van der Waals surface area contributed by atoms with Gasteiger partial charge in [0.2, 0.25) is 6.79 Å². The Hall–Kier alpha value is -4.46. The number of carbonyl (C=O) groups excluding carboxylic acids is 2. The van der Waals surface area contributed by atoms with Crippen molar-refractivity contribution < 1.29 is 28.5 Å². The van der Waals surface area contributed by atoms with Gasteiger partial charge in [0.05, 0.1) is 26.3 Å². The lowest BCUT2D eigenvalue weighted by Crippen LogP contribution is -2.32. The number of benzene rings is 3. The van der Waals surface area contributed by atoms with Crippen LogP contribution in [-0.4, -0.2) is 37.7 Å². The quantitative estimate of drug-likeness (QED) is 0.539. The summed E-state index contributed by atoms with van der Waals surface area (Å²) in [5.74, 6) is 1.76. The third-order valence-corrected chi connectivity index (χ3v) is 5.69. The Kier molecular flexibility index (Phi) is 5.55. The van der Waals surface area contributed by atoms with Gasteiger partial charge in [0.25, 0.3) is 11.8 Å². The topological polar surface area (TPSA) is 86.3 Å². The summed E-state index contributed by atoms with van der Waals surface area (Å²) >= 11 is 0. The zero-order chi connectivity index (χ0) is 23.7. The summed E-state index contributed by atoms with van der Waals surface area (Å²) in [6.45, 7) is 0.277. The van der Waals surface area contributed by atoms with E-state index in [0.717, 1.165) is 5.56 Å². The predicted octanol–water partition coefficient (Wildman–Crippen LogP) is 3.82. The molecule has 0 radical (unpaired) electrons. The van der Waals surface area contributed by atoms with Gasteiger partial charge in [-0.1, -0.05) is 24.3 Å². The van der Waals surface area contributed by atoms with E-state index < -0.39 is 5.91 Å². The Bertz CT molecular complexity index is 1280. The van der Waals surface area contributed by atoms with Gasteiger partial charge in [0.1, 0.15) is 17.2 Å². The molecule has 172 valence electrons. The zero-order valence-corrected chi connectivity index (χ0v) is 18.7. The fourth-order valence-electron chi connectivity index (χ4n) is 3.89. The number of hydrogen-bond donors (Lipinski definition) is 1. The van der Waals surface area contributed by atoms with Crippen molar-refractivity contribution in [3.05, 3.63) is 83.6 Å². The number of hydrogen-bond acceptors (Lipinski definition) is 7. The van der Waals surface area contributed by atoms with Crippen LogP contribution in [-0.2, 0) is 16.1 Å². The number of nitrogens with zero attached hydrogens (tertiary/aromatic N) is 1. The molecule has 0 aliphatic carbocycles. The van der Waals surface area contributed by atoms with Crippen LogP contribution in [0.1, 0.15) is 11.1 Å². The Morgan fingerprint density at radius 2 is 1.47 bits per heavy atom. The number of carbonyl (C=O) groups is 2. The van der Waals surface area contributed by atoms with Crippen molar-refractivity contribution in [1.29, 1.82) is 0 Å². The molecule has 1 N–H and O–H groups in total. The van der Waals surface area contributed by atoms with Gasteiger partial charge in [-0.15, -0.1) is 0 Å². The van der Waals surface area contributed by atoms with E-state index in [1.54, 1.807) is 68.8 Å². The van der Waals surface area contributed by atoms with Crippen molar-refractivity contribution in [3.8, 4) is 23.0 Å². The molecule has 0 aromatic heterocycles. The largest absolute Gasteiger partial charge is 0.497 e. The SMILES string of the molecule is COc1ccc(CN2C(=O)C(Nc3ccc4c(c3)OCO4)=C(c3ccc(OC)cc3)C2=O)cc1. The van der Waals surface area contributed by atoms with Gasteiger partial charge < -0.3 is 24.3 Å². The van der Waals surface area contributed by atoms with Gasteiger partial charge in [-0.05, 0) is 47.5 Å². The second-order valence-corrected chi connectivity index (χ2v) is 7.72. The third-order valence-electron chi connectivity index (χ3n) is 5.69. The van der Waals surface area contributed by atoms with Crippen molar-refractivity contribution in [1.82, 2.24) is 4.90 Å². The van der Waals surface area contributed by atoms with E-state index in [4.69, 9.17) is 18.9 Å². The second-order valence-electron chi connectivity index (χ2n) is 7.72. The second kappa shape index (κ2) is 8.82. The molecule has 2 aliphatic heterocycles. The molecule has 0 atom stereocenters. The molecular weight excluding hydrogens is 436 g/mol. The summed E-state index contributed by atoms with van der Waals surface area (Å²) < 4.78 is 21.2. The molecule has 2 heterocycles. The Morgan fingerprint density at radius 3 is 2.15 bits per heavy atom. The fourth-order valence-corrected chi connectivity index (χ4v) is 3.89. The summed E-state index contributed by atoms with van der Waals surface area (Å²) in [6, 6.07) is 19.6. The van der Waals surface area contributed by atoms with Gasteiger partial charge in [-0.2, -0.15) is 0 Å². The molecule has 0 saturated heterocycles. The number of imide groups is 1. The van der Waals surface area contributed by atoms with E-state index in [-0.39, 0.29) is 24.9 Å². The van der Waals surface area contributed by atoms with Crippen molar-refractivity contribution in [2.45, 2.75) is 6.54 Å². The highest BCUT2D eigenvalue weighted by Gasteiger charge is 2.39. The summed E-state index contributed by atoms with van der Waals surface area (Å²) in [6.07, 6.45) is 0. The van der Waals surface area contributed by atoms with E-state index in [2.05, 4.69) is 5.32 Å². The number of rotatable bonds is 7. The van der Waals surface area contributed by atoms with Gasteiger partial charge >= 0.3 is 0 Å². The third kappa shape index (κ3) is 3.90. The first-order chi connectivity index (χ1) is 16.6. The average molecular weight is 458 g/mol. The van der Waals surface area contributed by atoms with Gasteiger partial charge in [0.15, 0.2) is 11.5 Å². The van der Waals surface area contributed by atoms with Crippen molar-refractivity contribution in [2.75, 3.05) is 26.3 Å². The number of ether oxygens (including phenoxy) is 4. The molecule has 0 fully saturated rings. The van der Waals surface area contributed by atoms with Gasteiger partial charge in [-0.3, -0.25) is 14.5 Å². The number of fused-ring (bicyclic) bond motifs is 1. The normalized spacial score (nSPS) is 14.6. The van der Waals surface area contributed by atoms with Crippen molar-refractivity contribution in [3.63, 3.8) is 0 Å². The number of methoxy groups -OCH3 is 2. The molecule has 5 rings (SSSR count). The van der Waals surface area contributed by atoms with Crippen LogP contribution in [0.3, 0.4) is 0 Å². The highest BCUT2D eigenvalue weighted by Crippen LogP contribution is 2.37. The Balaban J connectivity index is 1.50. The molecule has 2 amide bonds. The first-order valence-electron chi connectivity index (χ1n) is 10.6. The first-order valence-corrected chi connectivity index (χ1v) is 10.6. The molecule has 0 unspecified atom stereocenters. The van der Waals surface area contributed by atoms with Crippen LogP contribution in [0.5, 0.6) is 23.0 Å². The molecule has 0 spiro atoms. The van der Waals surface area contributed by atoms with Crippen LogP contribution in [0.15, 0.2) is 72.4 Å². The van der Waals surface area contributed by atoms with E-state index in [9.17, 15) is 9.59 Å². The van der Waals surface area contributed by atoms with Crippen LogP contribution in [0.25, 0.3) is 5.57 Å². The van der Waals surface area contributed by atoms with E-state index in [1.165, 1.54) is 4.90 Å². The van der Waals surface area contributed by atoms with Crippen LogP contribution >= 0.6 is 0 Å². The summed E-state index contributed by atoms with van der Waals surface area (Å²) in [7, 11) is 3.16. The lowest BCUT2D eigenvalue weighted by Gasteiger charge is -2.16. The van der Waals surface area contributed by atoms with Gasteiger partial charge in [-0.25, -0.2) is 0 Å². The molecule has 3 aromatic rings. The minimum atomic E-state index is -0.413. The molecule has 8 nitrogen and oxygen atoms in total. The first kappa shape index (κ1) is 21.4. The lowest BCUT2D eigenvalue weighted by molar-refractivity contribution is -0.137. The average Bonchev–Trinajstić information content (AvgIpc) is 3.43. The Morgan fingerprint density at radius 1 is 0.824 bits per heavy atom. The molecule has 0 bridgehead atoms. The highest BCUT2D eigenvalue weighted by atomic mass is 16.7. The number of nitrogens with one attached hydrogen (secondary N) is 1. The minimum Gasteiger partial charge on any atom is -0.497 e. The van der Waals surface area contributed by atoms with Crippen LogP contribution in [0.2, 0.25) is 0 Å². The summed E-state index contributed by atoms with van der Waals surface area (Å²) in [4.78, 5) is 28.2. The molecule has 3 aromatic carbocycles. The van der Waals surface area contributed by atoms with Crippen LogP contribution in [0, 0.1) is 0 Å². The fraction of sp³-hybridized carbons (Fsp3) is 0.154. The predicted molar refractivity (Wildman–Crippen MR) is 125 cm³/mol. The van der Waals surface area contributed by atoms with Crippen molar-refractivity contribution in [2.24, 2.45) is 0 Å². The number of amides is 2. The molecular formula is C26H22N2O6. The number of anilines is 1. The Labute approximate surface area is 196 Å². The maximum Gasteiger partial charge on any atom is 0.278 e. The smallest absolute Gasteiger partial charge is 0.278 e. The lowest BCUT2D eigenvalue weighted by atomic mass is 10.0. The van der Waals surface area contributed by atoms with Crippen molar-refractivity contribution >= 4 is 23.1 Å². The van der Waals surface area contributed by atoms with E-state index >= 15 is 0 Å². The maximum atomic E-state index is 13.5. The summed E-state index contributed by atoms with van der Waals surface area (Å²) in [5.41, 5.74) is 2.51. The minimum absolute atomic E-state index is 0.133. The maximum absolute atomic E-state index is 13.5. The molecule has 0 saturated carbocycles. The zero-order valence-electron chi connectivity index (χ0n) is 18.7. The standard InChI is InChI=1S/C26H22N2O6/c1-31-19-8-3-16(4-9-19)14-28-25(29)23(17-5-10-20(32-2)11-6-17)24(26(28)30)27-18-7-12-21-22(13-18)34-15-33-21/h3-13,27H,14-15H2,1-2H3. The summed E-state index contributed by atoms with van der Waals surface area (Å²) in [5, 5.41) is 3.14. The van der Waals surface area contributed by atoms with Gasteiger partial charge in [0, 0.05) is 11.8 Å². The monoisotopic (exact) mass is 458 g/mol. The highest BCUT2D eigenvalue weighted by molar-refractivity contribution is 6.36. The molecule has 2 aliphatic rings. The molecule has 34 heavy (non-hydrogen) atoms. The van der Waals surface area contributed by atoms with E-state index in [0.29, 0.717) is 39.8 Å². The molecule has 8 heteroatoms. The van der Waals surface area contributed by atoms with E-state index in [1.807, 2.05) is 12.1 Å². The van der Waals surface area contributed by atoms with Crippen LogP contribution < -0.4 is 24.3 Å². The van der Waals surface area contributed by atoms with Crippen LogP contribution in [0.4, 0.5) is 5.69 Å².